The molecule has 0 saturated carbocycles. The first-order chi connectivity index (χ1) is 31.8. The fourth-order valence-electron chi connectivity index (χ4n) is 10.8. The second kappa shape index (κ2) is 13.4. The molecule has 0 radical (unpaired) electrons. The van der Waals surface area contributed by atoms with Gasteiger partial charge in [-0.25, -0.2) is 0 Å². The number of anilines is 3. The van der Waals surface area contributed by atoms with Crippen LogP contribution >= 0.6 is 0 Å². The lowest BCUT2D eigenvalue weighted by Crippen LogP contribution is -2.12. The molecule has 0 bridgehead atoms. The lowest BCUT2D eigenvalue weighted by molar-refractivity contribution is 0.669. The number of hydrogen-bond donors (Lipinski definition) is 0. The first kappa shape index (κ1) is 35.0. The summed E-state index contributed by atoms with van der Waals surface area (Å²) in [6, 6.07) is 81.6. The topological polar surface area (TPSA) is 26.2 Å². The molecule has 14 aromatic rings. The van der Waals surface area contributed by atoms with Crippen LogP contribution in [0, 0.1) is 0 Å². The highest BCUT2D eigenvalue weighted by molar-refractivity contribution is 6.26. The maximum absolute atomic E-state index is 6.89. The second-order valence-electron chi connectivity index (χ2n) is 16.8. The summed E-state index contributed by atoms with van der Waals surface area (Å²) in [4.78, 5) is 2.44. The van der Waals surface area contributed by atoms with Gasteiger partial charge in [-0.2, -0.15) is 0 Å². The van der Waals surface area contributed by atoms with E-state index >= 15 is 0 Å². The summed E-state index contributed by atoms with van der Waals surface area (Å²) in [5.74, 6) is 0. The van der Waals surface area contributed by atoms with Crippen LogP contribution in [0.5, 0.6) is 0 Å². The Morgan fingerprint density at radius 2 is 0.812 bits per heavy atom. The first-order valence-corrected chi connectivity index (χ1v) is 21.9. The van der Waals surface area contributed by atoms with Gasteiger partial charge in [0.25, 0.3) is 0 Å². The molecule has 0 unspecified atom stereocenters. The van der Waals surface area contributed by atoms with Gasteiger partial charge in [-0.3, -0.25) is 0 Å². The molecule has 64 heavy (non-hydrogen) atoms. The van der Waals surface area contributed by atoms with E-state index in [-0.39, 0.29) is 0 Å². The van der Waals surface area contributed by atoms with Gasteiger partial charge < -0.3 is 18.5 Å². The zero-order valence-electron chi connectivity index (χ0n) is 34.6. The van der Waals surface area contributed by atoms with Gasteiger partial charge in [0.15, 0.2) is 5.58 Å². The van der Waals surface area contributed by atoms with Crippen LogP contribution in [0.25, 0.3) is 109 Å². The lowest BCUT2D eigenvalue weighted by atomic mass is 9.94. The van der Waals surface area contributed by atoms with Crippen LogP contribution < -0.4 is 4.90 Å². The number of rotatable bonds is 5. The van der Waals surface area contributed by atoms with E-state index in [0.29, 0.717) is 0 Å². The van der Waals surface area contributed by atoms with Gasteiger partial charge in [-0.15, -0.1) is 0 Å². The maximum atomic E-state index is 6.89. The largest absolute Gasteiger partial charge is 0.454 e. The summed E-state index contributed by atoms with van der Waals surface area (Å²) in [6.07, 6.45) is 0. The fraction of sp³-hybridized carbons (Fsp3) is 0. The molecule has 11 aromatic carbocycles. The van der Waals surface area contributed by atoms with E-state index in [2.05, 4.69) is 232 Å². The quantitative estimate of drug-likeness (QED) is 0.162. The van der Waals surface area contributed by atoms with Gasteiger partial charge in [0.1, 0.15) is 5.58 Å². The number of nitrogens with zero attached hydrogens (tertiary/aromatic N) is 3. The summed E-state index contributed by atoms with van der Waals surface area (Å²) in [7, 11) is 0. The summed E-state index contributed by atoms with van der Waals surface area (Å²) in [5.41, 5.74) is 11.6. The van der Waals surface area contributed by atoms with Gasteiger partial charge >= 0.3 is 0 Å². The van der Waals surface area contributed by atoms with Crippen LogP contribution in [-0.2, 0) is 0 Å². The SMILES string of the molecule is c1ccc(-n2c3ccccc3c3ccc(-n4c5ccccc5c5cccc(N(c6ccc7c8ccccc8c8ccccc8c7c6)c6cccc7c6oc6ccccc67)c54)cc32)cc1. The monoisotopic (exact) mass is 815 g/mol. The Morgan fingerprint density at radius 3 is 1.55 bits per heavy atom. The molecule has 0 aliphatic carbocycles. The van der Waals surface area contributed by atoms with Gasteiger partial charge in [0, 0.05) is 49.4 Å². The van der Waals surface area contributed by atoms with E-state index in [1.165, 1.54) is 59.4 Å². The molecule has 0 amide bonds. The molecule has 0 spiro atoms. The van der Waals surface area contributed by atoms with Crippen LogP contribution in [0.15, 0.2) is 229 Å². The van der Waals surface area contributed by atoms with Crippen molar-refractivity contribution in [3.63, 3.8) is 0 Å². The van der Waals surface area contributed by atoms with Crippen molar-refractivity contribution in [3.05, 3.63) is 224 Å². The Bertz CT molecular complexity index is 4170. The van der Waals surface area contributed by atoms with E-state index in [0.717, 1.165) is 66.9 Å². The zero-order chi connectivity index (χ0) is 41.9. The van der Waals surface area contributed by atoms with E-state index < -0.39 is 0 Å². The predicted molar refractivity (Wildman–Crippen MR) is 270 cm³/mol. The van der Waals surface area contributed by atoms with Gasteiger partial charge in [0.2, 0.25) is 0 Å². The molecule has 0 fully saturated rings. The molecule has 3 aromatic heterocycles. The Hall–Kier alpha value is -8.60. The second-order valence-corrected chi connectivity index (χ2v) is 16.8. The molecule has 298 valence electrons. The first-order valence-electron chi connectivity index (χ1n) is 21.9. The number of furan rings is 1. The fourth-order valence-corrected chi connectivity index (χ4v) is 10.8. The van der Waals surface area contributed by atoms with Crippen LogP contribution in [0.2, 0.25) is 0 Å². The van der Waals surface area contributed by atoms with Crippen molar-refractivity contribution >= 4 is 115 Å². The van der Waals surface area contributed by atoms with Crippen LogP contribution in [0.3, 0.4) is 0 Å². The van der Waals surface area contributed by atoms with Crippen molar-refractivity contribution in [1.82, 2.24) is 9.13 Å². The van der Waals surface area contributed by atoms with Gasteiger partial charge in [-0.05, 0) is 99.0 Å². The van der Waals surface area contributed by atoms with E-state index in [1.807, 2.05) is 6.07 Å². The smallest absolute Gasteiger partial charge is 0.159 e. The van der Waals surface area contributed by atoms with Crippen LogP contribution in [0.4, 0.5) is 17.1 Å². The third-order valence-electron chi connectivity index (χ3n) is 13.5. The van der Waals surface area contributed by atoms with Crippen molar-refractivity contribution in [3.8, 4) is 11.4 Å². The Labute approximate surface area is 367 Å². The van der Waals surface area contributed by atoms with E-state index in [9.17, 15) is 0 Å². The normalized spacial score (nSPS) is 12.1. The molecule has 0 N–H and O–H groups in total. The lowest BCUT2D eigenvalue weighted by Gasteiger charge is -2.28. The molecule has 4 nitrogen and oxygen atoms in total. The minimum absolute atomic E-state index is 0.848. The molecule has 14 rings (SSSR count). The average Bonchev–Trinajstić information content (AvgIpc) is 4.03. The van der Waals surface area contributed by atoms with Crippen LogP contribution in [-0.4, -0.2) is 9.13 Å². The van der Waals surface area contributed by atoms with E-state index in [4.69, 9.17) is 4.42 Å². The standard InChI is InChI=1S/C60H37N3O/c1-2-16-38(17-3-1)61-53-27-11-8-22-46(53)48-35-33-40(37-57(48)61)63-54-28-12-9-23-47(54)50-25-14-29-55(59(50)63)62(56-30-15-26-51-49-24-10-13-31-58(49)64-60(51)56)39-32-34-45-43-20-5-4-18-41(43)42-19-6-7-21-44(42)52(45)36-39/h1-37H. The molecule has 0 atom stereocenters. The summed E-state index contributed by atoms with van der Waals surface area (Å²) < 4.78 is 11.8. The molecule has 4 heteroatoms. The summed E-state index contributed by atoms with van der Waals surface area (Å²) >= 11 is 0. The number of fused-ring (bicyclic) bond motifs is 15. The highest BCUT2D eigenvalue weighted by atomic mass is 16.3. The van der Waals surface area contributed by atoms with Crippen molar-refractivity contribution < 1.29 is 4.42 Å². The molecule has 3 heterocycles. The molecular weight excluding hydrogens is 779 g/mol. The molecule has 0 aliphatic heterocycles. The predicted octanol–water partition coefficient (Wildman–Crippen LogP) is 16.7. The number of hydrogen-bond acceptors (Lipinski definition) is 2. The van der Waals surface area contributed by atoms with Crippen molar-refractivity contribution in [2.45, 2.75) is 0 Å². The van der Waals surface area contributed by atoms with Gasteiger partial charge in [-0.1, -0.05) is 158 Å². The average molecular weight is 816 g/mol. The molecule has 0 saturated heterocycles. The van der Waals surface area contributed by atoms with Crippen LogP contribution in [0.1, 0.15) is 0 Å². The van der Waals surface area contributed by atoms with Crippen molar-refractivity contribution in [2.24, 2.45) is 0 Å². The third-order valence-corrected chi connectivity index (χ3v) is 13.5. The Kier molecular flexibility index (Phi) is 7.36. The number of benzene rings is 11. The van der Waals surface area contributed by atoms with Crippen molar-refractivity contribution in [2.75, 3.05) is 4.90 Å². The van der Waals surface area contributed by atoms with Crippen molar-refractivity contribution in [1.29, 1.82) is 0 Å². The maximum Gasteiger partial charge on any atom is 0.159 e. The Morgan fingerprint density at radius 1 is 0.297 bits per heavy atom. The van der Waals surface area contributed by atoms with E-state index in [1.54, 1.807) is 0 Å². The minimum Gasteiger partial charge on any atom is -0.454 e. The number of aromatic nitrogens is 2. The molecule has 0 aliphatic rings. The Balaban J connectivity index is 1.11. The number of para-hydroxylation sites is 6. The summed E-state index contributed by atoms with van der Waals surface area (Å²) in [6.45, 7) is 0. The highest BCUT2D eigenvalue weighted by Gasteiger charge is 2.26. The zero-order valence-corrected chi connectivity index (χ0v) is 34.6. The van der Waals surface area contributed by atoms with Gasteiger partial charge in [0.05, 0.1) is 33.4 Å². The minimum atomic E-state index is 0.848. The molecular formula is C60H37N3O. The third kappa shape index (κ3) is 4.93. The summed E-state index contributed by atoms with van der Waals surface area (Å²) in [5, 5.41) is 14.4. The highest BCUT2D eigenvalue weighted by Crippen LogP contribution is 2.48.